The molecule has 0 unspecified atom stereocenters. The van der Waals surface area contributed by atoms with Gasteiger partial charge in [-0.25, -0.2) is 0 Å². The van der Waals surface area contributed by atoms with Crippen molar-refractivity contribution in [2.45, 2.75) is 117 Å². The standard InChI is InChI=1S/C25H44O2Si/c1-23(2,3)28(6,7)27-18-12-14-24(4)17(16-18)8-9-19-20-10-11-22(26)25(20,5)15-13-21(19)24/h17-21H,8-16H2,1-7H3/t17-,18-,19+,20+,21+,24+,25+/m1/s1. The molecule has 160 valence electrons. The van der Waals surface area contributed by atoms with Gasteiger partial charge in [0.25, 0.3) is 0 Å². The molecule has 0 aliphatic heterocycles. The summed E-state index contributed by atoms with van der Waals surface area (Å²) in [6.07, 6.45) is 11.6. The number of hydrogen-bond donors (Lipinski definition) is 0. The van der Waals surface area contributed by atoms with Crippen molar-refractivity contribution < 1.29 is 9.22 Å². The van der Waals surface area contributed by atoms with Crippen molar-refractivity contribution >= 4 is 14.1 Å². The second kappa shape index (κ2) is 6.67. The van der Waals surface area contributed by atoms with Crippen LogP contribution in [0.1, 0.15) is 92.4 Å². The second-order valence-corrected chi connectivity index (χ2v) is 17.6. The maximum Gasteiger partial charge on any atom is 0.192 e. The third-order valence-corrected chi connectivity index (χ3v) is 15.1. The lowest BCUT2D eigenvalue weighted by Crippen LogP contribution is -2.55. The van der Waals surface area contributed by atoms with E-state index in [0.29, 0.717) is 28.3 Å². The topological polar surface area (TPSA) is 26.3 Å². The summed E-state index contributed by atoms with van der Waals surface area (Å²) in [5, 5.41) is 0.300. The Balaban J connectivity index is 1.48. The first-order valence-electron chi connectivity index (χ1n) is 12.1. The van der Waals surface area contributed by atoms with Crippen LogP contribution in [0.2, 0.25) is 18.1 Å². The number of carbonyl (C=O) groups excluding carboxylic acids is 1. The van der Waals surface area contributed by atoms with E-state index >= 15 is 0 Å². The summed E-state index contributed by atoms with van der Waals surface area (Å²) in [6, 6.07) is 0. The molecule has 0 bridgehead atoms. The third kappa shape index (κ3) is 3.09. The van der Waals surface area contributed by atoms with Gasteiger partial charge in [0.1, 0.15) is 5.78 Å². The number of ketones is 1. The summed E-state index contributed by atoms with van der Waals surface area (Å²) in [4.78, 5) is 12.6. The van der Waals surface area contributed by atoms with Crippen LogP contribution in [0.15, 0.2) is 0 Å². The molecule has 0 amide bonds. The maximum atomic E-state index is 12.6. The predicted molar refractivity (Wildman–Crippen MR) is 119 cm³/mol. The van der Waals surface area contributed by atoms with Crippen LogP contribution >= 0.6 is 0 Å². The first-order valence-corrected chi connectivity index (χ1v) is 15.0. The van der Waals surface area contributed by atoms with Crippen LogP contribution in [0.25, 0.3) is 0 Å². The van der Waals surface area contributed by atoms with Crippen molar-refractivity contribution in [3.05, 3.63) is 0 Å². The Morgan fingerprint density at radius 1 is 0.964 bits per heavy atom. The minimum absolute atomic E-state index is 0.0208. The highest BCUT2D eigenvalue weighted by molar-refractivity contribution is 6.74. The van der Waals surface area contributed by atoms with Crippen LogP contribution in [0.4, 0.5) is 0 Å². The molecule has 3 heteroatoms. The van der Waals surface area contributed by atoms with Gasteiger partial charge >= 0.3 is 0 Å². The van der Waals surface area contributed by atoms with Crippen LogP contribution < -0.4 is 0 Å². The molecule has 0 heterocycles. The zero-order chi connectivity index (χ0) is 20.5. The van der Waals surface area contributed by atoms with Gasteiger partial charge in [0.05, 0.1) is 0 Å². The minimum atomic E-state index is -1.68. The van der Waals surface area contributed by atoms with Crippen LogP contribution in [0, 0.1) is 34.5 Å². The Morgan fingerprint density at radius 2 is 1.68 bits per heavy atom. The average Bonchev–Trinajstić information content (AvgIpc) is 2.89. The van der Waals surface area contributed by atoms with Crippen LogP contribution in [0.5, 0.6) is 0 Å². The fourth-order valence-electron chi connectivity index (χ4n) is 7.69. The zero-order valence-corrected chi connectivity index (χ0v) is 20.6. The largest absolute Gasteiger partial charge is 0.414 e. The summed E-state index contributed by atoms with van der Waals surface area (Å²) >= 11 is 0. The molecule has 0 aromatic rings. The molecule has 0 spiro atoms. The van der Waals surface area contributed by atoms with Crippen molar-refractivity contribution in [3.63, 3.8) is 0 Å². The second-order valence-electron chi connectivity index (χ2n) is 12.8. The Kier molecular flexibility index (Phi) is 5.03. The zero-order valence-electron chi connectivity index (χ0n) is 19.6. The molecule has 0 saturated heterocycles. The van der Waals surface area contributed by atoms with E-state index in [4.69, 9.17) is 4.43 Å². The summed E-state index contributed by atoms with van der Waals surface area (Å²) in [5.41, 5.74) is 0.510. The van der Waals surface area contributed by atoms with Crippen molar-refractivity contribution in [2.24, 2.45) is 34.5 Å². The van der Waals surface area contributed by atoms with E-state index in [1.54, 1.807) is 0 Å². The summed E-state index contributed by atoms with van der Waals surface area (Å²) in [6.45, 7) is 16.8. The highest BCUT2D eigenvalue weighted by Gasteiger charge is 2.60. The number of fused-ring (bicyclic) bond motifs is 5. The van der Waals surface area contributed by atoms with Crippen molar-refractivity contribution in [2.75, 3.05) is 0 Å². The molecule has 2 nitrogen and oxygen atoms in total. The van der Waals surface area contributed by atoms with E-state index in [1.165, 1.54) is 44.9 Å². The van der Waals surface area contributed by atoms with Gasteiger partial charge in [0, 0.05) is 17.9 Å². The van der Waals surface area contributed by atoms with Gasteiger partial charge in [-0.2, -0.15) is 0 Å². The molecule has 7 atom stereocenters. The average molecular weight is 405 g/mol. The van der Waals surface area contributed by atoms with Gasteiger partial charge in [-0.3, -0.25) is 4.79 Å². The summed E-state index contributed by atoms with van der Waals surface area (Å²) in [5.74, 6) is 3.75. The van der Waals surface area contributed by atoms with Crippen molar-refractivity contribution in [1.29, 1.82) is 0 Å². The molecule has 28 heavy (non-hydrogen) atoms. The molecule has 4 rings (SSSR count). The quantitative estimate of drug-likeness (QED) is 0.464. The minimum Gasteiger partial charge on any atom is -0.414 e. The number of rotatable bonds is 2. The van der Waals surface area contributed by atoms with E-state index in [0.717, 1.165) is 30.6 Å². The van der Waals surface area contributed by atoms with E-state index in [9.17, 15) is 4.79 Å². The molecule has 4 fully saturated rings. The van der Waals surface area contributed by atoms with E-state index in [2.05, 4.69) is 47.7 Å². The highest BCUT2D eigenvalue weighted by atomic mass is 28.4. The molecular weight excluding hydrogens is 360 g/mol. The van der Waals surface area contributed by atoms with Crippen molar-refractivity contribution in [1.82, 2.24) is 0 Å². The molecule has 0 radical (unpaired) electrons. The molecule has 0 aromatic heterocycles. The first kappa shape index (κ1) is 21.1. The van der Waals surface area contributed by atoms with Crippen molar-refractivity contribution in [3.8, 4) is 0 Å². The van der Waals surface area contributed by atoms with E-state index < -0.39 is 8.32 Å². The molecule has 0 N–H and O–H groups in total. The monoisotopic (exact) mass is 404 g/mol. The van der Waals surface area contributed by atoms with Gasteiger partial charge in [-0.05, 0) is 98.6 Å². The normalized spacial score (nSPS) is 46.7. The Labute approximate surface area is 174 Å². The maximum absolute atomic E-state index is 12.6. The number of Topliss-reactive ketones (excluding diaryl/α,β-unsaturated/α-hetero) is 1. The molecule has 4 saturated carbocycles. The molecular formula is C25H44O2Si. The third-order valence-electron chi connectivity index (χ3n) is 10.6. The predicted octanol–water partition coefficient (Wildman–Crippen LogP) is 6.99. The van der Waals surface area contributed by atoms with Gasteiger partial charge in [-0.15, -0.1) is 0 Å². The SMILES string of the molecule is CC(C)(C)[Si](C)(C)O[C@@H]1CC[C@@]2(C)[C@H](CC[C@@H]3[C@@H]2CC[C@]2(C)C(=O)CC[C@@H]32)C1. The molecule has 4 aliphatic carbocycles. The van der Waals surface area contributed by atoms with Crippen LogP contribution in [-0.2, 0) is 9.22 Å². The van der Waals surface area contributed by atoms with Gasteiger partial charge < -0.3 is 4.43 Å². The van der Waals surface area contributed by atoms with E-state index in [1.807, 2.05) is 0 Å². The Morgan fingerprint density at radius 3 is 2.36 bits per heavy atom. The molecule has 0 aromatic carbocycles. The lowest BCUT2D eigenvalue weighted by atomic mass is 9.45. The fraction of sp³-hybridized carbons (Fsp3) is 0.960. The van der Waals surface area contributed by atoms with Crippen LogP contribution in [0.3, 0.4) is 0 Å². The molecule has 4 aliphatic rings. The van der Waals surface area contributed by atoms with Crippen LogP contribution in [-0.4, -0.2) is 20.2 Å². The van der Waals surface area contributed by atoms with Gasteiger partial charge in [-0.1, -0.05) is 34.6 Å². The van der Waals surface area contributed by atoms with E-state index in [-0.39, 0.29) is 5.41 Å². The first-order chi connectivity index (χ1) is 12.9. The fourth-order valence-corrected chi connectivity index (χ4v) is 9.09. The Bertz CT molecular complexity index is 635. The highest BCUT2D eigenvalue weighted by Crippen LogP contribution is 2.65. The number of hydrogen-bond acceptors (Lipinski definition) is 2. The lowest BCUT2D eigenvalue weighted by Gasteiger charge is -2.60. The lowest BCUT2D eigenvalue weighted by molar-refractivity contribution is -0.141. The number of carbonyl (C=O) groups is 1. The Hall–Kier alpha value is -0.153. The van der Waals surface area contributed by atoms with Gasteiger partial charge in [0.2, 0.25) is 0 Å². The summed E-state index contributed by atoms with van der Waals surface area (Å²) in [7, 11) is -1.68. The summed E-state index contributed by atoms with van der Waals surface area (Å²) < 4.78 is 6.87. The smallest absolute Gasteiger partial charge is 0.192 e. The van der Waals surface area contributed by atoms with Gasteiger partial charge in [0.15, 0.2) is 8.32 Å².